The van der Waals surface area contributed by atoms with Crippen molar-refractivity contribution in [2.45, 2.75) is 0 Å². The maximum atomic E-state index is 12.8. The number of hydrogen-bond acceptors (Lipinski definition) is 3. The van der Waals surface area contributed by atoms with E-state index in [1.165, 1.54) is 23.5 Å². The van der Waals surface area contributed by atoms with Crippen LogP contribution in [0.5, 0.6) is 0 Å². The van der Waals surface area contributed by atoms with Gasteiger partial charge in [-0.05, 0) is 29.7 Å². The van der Waals surface area contributed by atoms with Crippen LogP contribution in [-0.2, 0) is 0 Å². The van der Waals surface area contributed by atoms with E-state index in [9.17, 15) is 9.18 Å². The van der Waals surface area contributed by atoms with E-state index in [1.807, 2.05) is 5.43 Å². The molecule has 0 spiro atoms. The van der Waals surface area contributed by atoms with Crippen molar-refractivity contribution in [1.29, 1.82) is 0 Å². The van der Waals surface area contributed by atoms with Gasteiger partial charge in [0.25, 0.3) is 5.91 Å². The number of nitrogens with one attached hydrogen (secondary N) is 1. The molecule has 2 aromatic rings. The minimum absolute atomic E-state index is 0.310. The van der Waals surface area contributed by atoms with Crippen molar-refractivity contribution in [3.05, 3.63) is 35.0 Å². The van der Waals surface area contributed by atoms with E-state index in [0.29, 0.717) is 10.3 Å². The molecule has 3 N–H and O–H groups in total. The molecule has 0 radical (unpaired) electrons. The molecule has 72 valence electrons. The highest BCUT2D eigenvalue weighted by molar-refractivity contribution is 7.20. The zero-order valence-corrected chi connectivity index (χ0v) is 7.90. The number of thiophene rings is 1. The molecule has 0 atom stereocenters. The fraction of sp³-hybridized carbons (Fsp3) is 0. The zero-order valence-electron chi connectivity index (χ0n) is 7.08. The van der Waals surface area contributed by atoms with E-state index < -0.39 is 0 Å². The Morgan fingerprint density at radius 1 is 1.43 bits per heavy atom. The minimum atomic E-state index is -0.355. The zero-order chi connectivity index (χ0) is 10.1. The minimum Gasteiger partial charge on any atom is -0.289 e. The lowest BCUT2D eigenvalue weighted by atomic mass is 10.2. The Bertz CT molecular complexity index is 495. The average molecular weight is 210 g/mol. The summed E-state index contributed by atoms with van der Waals surface area (Å²) in [6.45, 7) is 0. The highest BCUT2D eigenvalue weighted by atomic mass is 32.1. The van der Waals surface area contributed by atoms with Crippen LogP contribution in [0.15, 0.2) is 24.3 Å². The Balaban J connectivity index is 2.56. The van der Waals surface area contributed by atoms with Gasteiger partial charge in [-0.15, -0.1) is 11.3 Å². The second-order valence-electron chi connectivity index (χ2n) is 2.77. The van der Waals surface area contributed by atoms with Crippen molar-refractivity contribution in [2.75, 3.05) is 0 Å². The molecule has 0 saturated heterocycles. The van der Waals surface area contributed by atoms with E-state index in [-0.39, 0.29) is 11.7 Å². The normalized spacial score (nSPS) is 10.4. The lowest BCUT2D eigenvalue weighted by Gasteiger charge is -1.90. The third kappa shape index (κ3) is 1.47. The van der Waals surface area contributed by atoms with E-state index in [4.69, 9.17) is 5.84 Å². The third-order valence-electron chi connectivity index (χ3n) is 1.83. The van der Waals surface area contributed by atoms with E-state index in [0.717, 1.165) is 4.70 Å². The van der Waals surface area contributed by atoms with Crippen LogP contribution in [0, 0.1) is 5.82 Å². The first-order chi connectivity index (χ1) is 6.70. The van der Waals surface area contributed by atoms with Crippen LogP contribution in [0.3, 0.4) is 0 Å². The first-order valence-corrected chi connectivity index (χ1v) is 4.72. The summed E-state index contributed by atoms with van der Waals surface area (Å²) >= 11 is 1.28. The molecule has 0 aliphatic carbocycles. The number of fused-ring (bicyclic) bond motifs is 1. The molecule has 0 aliphatic rings. The third-order valence-corrected chi connectivity index (χ3v) is 2.95. The lowest BCUT2D eigenvalue weighted by Crippen LogP contribution is -2.29. The molecule has 1 amide bonds. The van der Waals surface area contributed by atoms with Gasteiger partial charge < -0.3 is 0 Å². The van der Waals surface area contributed by atoms with Crippen LogP contribution in [-0.4, -0.2) is 5.91 Å². The van der Waals surface area contributed by atoms with Gasteiger partial charge in [-0.3, -0.25) is 10.2 Å². The van der Waals surface area contributed by atoms with Gasteiger partial charge in [-0.1, -0.05) is 0 Å². The highest BCUT2D eigenvalue weighted by Gasteiger charge is 2.08. The molecule has 0 saturated carbocycles. The topological polar surface area (TPSA) is 55.1 Å². The number of amides is 1. The van der Waals surface area contributed by atoms with Gasteiger partial charge in [-0.25, -0.2) is 10.2 Å². The molecule has 2 rings (SSSR count). The number of benzene rings is 1. The predicted octanol–water partition coefficient (Wildman–Crippen LogP) is 1.64. The Hall–Kier alpha value is -1.46. The molecule has 1 aromatic carbocycles. The number of carbonyl (C=O) groups is 1. The second kappa shape index (κ2) is 3.36. The summed E-state index contributed by atoms with van der Waals surface area (Å²) < 4.78 is 13.7. The Morgan fingerprint density at radius 3 is 2.93 bits per heavy atom. The van der Waals surface area contributed by atoms with E-state index in [1.54, 1.807) is 12.1 Å². The smallest absolute Gasteiger partial charge is 0.275 e. The quantitative estimate of drug-likeness (QED) is 0.427. The fourth-order valence-electron chi connectivity index (χ4n) is 1.20. The molecule has 5 heteroatoms. The number of hydrogen-bond donors (Lipinski definition) is 2. The fourth-order valence-corrected chi connectivity index (χ4v) is 2.14. The first-order valence-electron chi connectivity index (χ1n) is 3.91. The molecular weight excluding hydrogens is 203 g/mol. The molecular formula is C9H7FN2OS. The maximum Gasteiger partial charge on any atom is 0.275 e. The number of nitrogens with two attached hydrogens (primary N) is 1. The van der Waals surface area contributed by atoms with Gasteiger partial charge in [0, 0.05) is 4.70 Å². The SMILES string of the molecule is NNC(=O)c1cc2cc(F)ccc2s1. The second-order valence-corrected chi connectivity index (χ2v) is 3.85. The molecule has 0 unspecified atom stereocenters. The van der Waals surface area contributed by atoms with Gasteiger partial charge in [0.1, 0.15) is 5.82 Å². The van der Waals surface area contributed by atoms with Crippen molar-refractivity contribution < 1.29 is 9.18 Å². The molecule has 3 nitrogen and oxygen atoms in total. The van der Waals surface area contributed by atoms with Gasteiger partial charge in [0.05, 0.1) is 4.88 Å². The number of nitrogen functional groups attached to an aromatic ring is 1. The Morgan fingerprint density at radius 2 is 2.21 bits per heavy atom. The van der Waals surface area contributed by atoms with Crippen LogP contribution < -0.4 is 11.3 Å². The molecule has 1 heterocycles. The summed E-state index contributed by atoms with van der Waals surface area (Å²) in [5, 5.41) is 0.716. The van der Waals surface area contributed by atoms with Crippen LogP contribution in [0.4, 0.5) is 4.39 Å². The van der Waals surface area contributed by atoms with Crippen molar-refractivity contribution >= 4 is 27.3 Å². The van der Waals surface area contributed by atoms with Crippen molar-refractivity contribution in [2.24, 2.45) is 5.84 Å². The molecule has 1 aromatic heterocycles. The molecule has 0 bridgehead atoms. The van der Waals surface area contributed by atoms with Gasteiger partial charge in [0.15, 0.2) is 0 Å². The lowest BCUT2D eigenvalue weighted by molar-refractivity contribution is 0.0958. The maximum absolute atomic E-state index is 12.8. The van der Waals surface area contributed by atoms with Gasteiger partial charge in [-0.2, -0.15) is 0 Å². The molecule has 0 fully saturated rings. The van der Waals surface area contributed by atoms with Crippen LogP contribution in [0.2, 0.25) is 0 Å². The van der Waals surface area contributed by atoms with Crippen LogP contribution >= 0.6 is 11.3 Å². The summed E-state index contributed by atoms with van der Waals surface area (Å²) in [7, 11) is 0. The number of rotatable bonds is 1. The Labute approximate surface area is 83.3 Å². The summed E-state index contributed by atoms with van der Waals surface area (Å²) in [6.07, 6.45) is 0. The summed E-state index contributed by atoms with van der Waals surface area (Å²) in [5.41, 5.74) is 2.03. The monoisotopic (exact) mass is 210 g/mol. The van der Waals surface area contributed by atoms with Crippen molar-refractivity contribution in [3.8, 4) is 0 Å². The predicted molar refractivity (Wildman–Crippen MR) is 53.4 cm³/mol. The van der Waals surface area contributed by atoms with Gasteiger partial charge in [0.2, 0.25) is 0 Å². The summed E-state index contributed by atoms with van der Waals surface area (Å²) in [4.78, 5) is 11.6. The highest BCUT2D eigenvalue weighted by Crippen LogP contribution is 2.25. The van der Waals surface area contributed by atoms with E-state index in [2.05, 4.69) is 0 Å². The van der Waals surface area contributed by atoms with Crippen molar-refractivity contribution in [1.82, 2.24) is 5.43 Å². The summed E-state index contributed by atoms with van der Waals surface area (Å²) in [6, 6.07) is 6.01. The largest absolute Gasteiger partial charge is 0.289 e. The van der Waals surface area contributed by atoms with Crippen LogP contribution in [0.1, 0.15) is 9.67 Å². The number of carbonyl (C=O) groups excluding carboxylic acids is 1. The van der Waals surface area contributed by atoms with Crippen LogP contribution in [0.25, 0.3) is 10.1 Å². The standard InChI is InChI=1S/C9H7FN2OS/c10-6-1-2-7-5(3-6)4-8(14-7)9(13)12-11/h1-4H,11H2,(H,12,13). The average Bonchev–Trinajstić information content (AvgIpc) is 2.59. The molecule has 0 aliphatic heterocycles. The first kappa shape index (κ1) is 9.11. The number of halogens is 1. The van der Waals surface area contributed by atoms with Crippen molar-refractivity contribution in [3.63, 3.8) is 0 Å². The molecule has 14 heavy (non-hydrogen) atoms. The summed E-state index contributed by atoms with van der Waals surface area (Å²) in [5.74, 6) is 4.32. The number of hydrazine groups is 1. The van der Waals surface area contributed by atoms with E-state index >= 15 is 0 Å². The van der Waals surface area contributed by atoms with Gasteiger partial charge >= 0.3 is 0 Å². The Kier molecular flexibility index (Phi) is 2.18.